The van der Waals surface area contributed by atoms with E-state index in [0.29, 0.717) is 11.7 Å². The van der Waals surface area contributed by atoms with Crippen LogP contribution in [0, 0.1) is 5.82 Å². The van der Waals surface area contributed by atoms with Gasteiger partial charge in [-0.05, 0) is 32.0 Å². The number of anilines is 1. The maximum atomic E-state index is 13.2. The minimum absolute atomic E-state index is 0.200. The van der Waals surface area contributed by atoms with Crippen LogP contribution in [0.5, 0.6) is 0 Å². The van der Waals surface area contributed by atoms with Gasteiger partial charge in [-0.1, -0.05) is 0 Å². The Morgan fingerprint density at radius 3 is 2.95 bits per heavy atom. The Balaban J connectivity index is 1.87. The van der Waals surface area contributed by atoms with E-state index in [1.54, 1.807) is 17.8 Å². The molecule has 0 saturated carbocycles. The zero-order chi connectivity index (χ0) is 13.8. The van der Waals surface area contributed by atoms with Gasteiger partial charge in [-0.25, -0.2) is 4.39 Å². The van der Waals surface area contributed by atoms with Crippen LogP contribution in [0.4, 0.5) is 10.1 Å². The average Bonchev–Trinajstić information content (AvgIpc) is 2.35. The van der Waals surface area contributed by atoms with E-state index in [0.717, 1.165) is 30.3 Å². The van der Waals surface area contributed by atoms with Crippen molar-refractivity contribution in [1.82, 2.24) is 4.90 Å². The number of hydrogen-bond donors (Lipinski definition) is 1. The summed E-state index contributed by atoms with van der Waals surface area (Å²) < 4.78 is 19.0. The van der Waals surface area contributed by atoms with Gasteiger partial charge < -0.3 is 10.5 Å². The van der Waals surface area contributed by atoms with Crippen molar-refractivity contribution in [2.75, 3.05) is 31.2 Å². The summed E-state index contributed by atoms with van der Waals surface area (Å²) in [4.78, 5) is 3.28. The number of nitrogens with two attached hydrogens (primary N) is 1. The molecule has 19 heavy (non-hydrogen) atoms. The lowest BCUT2D eigenvalue weighted by atomic mass is 10.2. The smallest absolute Gasteiger partial charge is 0.126 e. The van der Waals surface area contributed by atoms with Gasteiger partial charge in [-0.2, -0.15) is 0 Å². The van der Waals surface area contributed by atoms with Crippen LogP contribution in [0.25, 0.3) is 0 Å². The van der Waals surface area contributed by atoms with Crippen molar-refractivity contribution in [2.24, 2.45) is 0 Å². The fourth-order valence-corrected chi connectivity index (χ4v) is 3.16. The summed E-state index contributed by atoms with van der Waals surface area (Å²) >= 11 is 1.60. The highest BCUT2D eigenvalue weighted by Crippen LogP contribution is 2.24. The summed E-state index contributed by atoms with van der Waals surface area (Å²) in [5.41, 5.74) is 6.11. The molecule has 1 aliphatic heterocycles. The second-order valence-corrected chi connectivity index (χ2v) is 6.21. The Labute approximate surface area is 118 Å². The van der Waals surface area contributed by atoms with Crippen LogP contribution in [0.2, 0.25) is 0 Å². The minimum atomic E-state index is -0.282. The maximum Gasteiger partial charge on any atom is 0.126 e. The number of nitrogen functional groups attached to an aromatic ring is 1. The first kappa shape index (κ1) is 14.6. The molecule has 1 aromatic carbocycles. The van der Waals surface area contributed by atoms with Crippen LogP contribution in [0.15, 0.2) is 23.1 Å². The van der Waals surface area contributed by atoms with Gasteiger partial charge in [0, 0.05) is 35.5 Å². The summed E-state index contributed by atoms with van der Waals surface area (Å²) in [7, 11) is 0. The molecule has 0 bridgehead atoms. The SMILES string of the molecule is CC(C)N1CCOC(CSc2cc(N)cc(F)c2)C1. The summed E-state index contributed by atoms with van der Waals surface area (Å²) in [5.74, 6) is 0.544. The molecule has 1 fully saturated rings. The molecule has 106 valence electrons. The van der Waals surface area contributed by atoms with Crippen LogP contribution >= 0.6 is 11.8 Å². The van der Waals surface area contributed by atoms with Crippen LogP contribution in [0.3, 0.4) is 0 Å². The Morgan fingerprint density at radius 2 is 2.26 bits per heavy atom. The summed E-state index contributed by atoms with van der Waals surface area (Å²) in [6, 6.07) is 5.20. The molecule has 2 N–H and O–H groups in total. The van der Waals surface area contributed by atoms with E-state index >= 15 is 0 Å². The Bertz CT molecular complexity index is 408. The van der Waals surface area contributed by atoms with Crippen molar-refractivity contribution in [3.8, 4) is 0 Å². The lowest BCUT2D eigenvalue weighted by molar-refractivity contribution is -0.0265. The minimum Gasteiger partial charge on any atom is -0.399 e. The molecule has 0 amide bonds. The Morgan fingerprint density at radius 1 is 1.47 bits per heavy atom. The van der Waals surface area contributed by atoms with Crippen molar-refractivity contribution < 1.29 is 9.13 Å². The number of ether oxygens (including phenoxy) is 1. The normalized spacial score (nSPS) is 20.9. The van der Waals surface area contributed by atoms with Crippen molar-refractivity contribution in [2.45, 2.75) is 30.9 Å². The van der Waals surface area contributed by atoms with Crippen LogP contribution < -0.4 is 5.73 Å². The predicted octanol–water partition coefficient (Wildman–Crippen LogP) is 2.61. The van der Waals surface area contributed by atoms with E-state index in [1.165, 1.54) is 12.1 Å². The zero-order valence-electron chi connectivity index (χ0n) is 11.4. The number of morpholine rings is 1. The van der Waals surface area contributed by atoms with Gasteiger partial charge in [0.25, 0.3) is 0 Å². The molecule has 1 atom stereocenters. The van der Waals surface area contributed by atoms with E-state index in [1.807, 2.05) is 0 Å². The van der Waals surface area contributed by atoms with E-state index in [4.69, 9.17) is 10.5 Å². The first-order chi connectivity index (χ1) is 9.04. The standard InChI is InChI=1S/C14H21FN2OS/c1-10(2)17-3-4-18-13(8-17)9-19-14-6-11(15)5-12(16)7-14/h5-7,10,13H,3-4,8-9,16H2,1-2H3. The molecule has 1 saturated heterocycles. The second-order valence-electron chi connectivity index (χ2n) is 5.11. The molecule has 1 unspecified atom stereocenters. The fourth-order valence-electron chi connectivity index (χ4n) is 2.17. The highest BCUT2D eigenvalue weighted by Gasteiger charge is 2.22. The number of thioether (sulfide) groups is 1. The molecule has 1 aromatic rings. The highest BCUT2D eigenvalue weighted by molar-refractivity contribution is 7.99. The van der Waals surface area contributed by atoms with Gasteiger partial charge in [0.1, 0.15) is 5.82 Å². The van der Waals surface area contributed by atoms with Gasteiger partial charge in [0.15, 0.2) is 0 Å². The highest BCUT2D eigenvalue weighted by atomic mass is 32.2. The molecule has 0 aliphatic carbocycles. The second kappa shape index (κ2) is 6.59. The summed E-state index contributed by atoms with van der Waals surface area (Å²) in [5, 5.41) is 0. The van der Waals surface area contributed by atoms with Crippen LogP contribution in [-0.4, -0.2) is 42.5 Å². The van der Waals surface area contributed by atoms with E-state index < -0.39 is 0 Å². The van der Waals surface area contributed by atoms with Crippen molar-refractivity contribution >= 4 is 17.4 Å². The van der Waals surface area contributed by atoms with Crippen LogP contribution in [-0.2, 0) is 4.74 Å². The molecule has 5 heteroatoms. The van der Waals surface area contributed by atoms with Gasteiger partial charge in [0.05, 0.1) is 12.7 Å². The fraction of sp³-hybridized carbons (Fsp3) is 0.571. The largest absolute Gasteiger partial charge is 0.399 e. The first-order valence-electron chi connectivity index (χ1n) is 6.59. The summed E-state index contributed by atoms with van der Waals surface area (Å²) in [6.07, 6.45) is 0.200. The quantitative estimate of drug-likeness (QED) is 0.681. The average molecular weight is 284 g/mol. The van der Waals surface area contributed by atoms with E-state index in [9.17, 15) is 4.39 Å². The van der Waals surface area contributed by atoms with Crippen molar-refractivity contribution in [1.29, 1.82) is 0 Å². The van der Waals surface area contributed by atoms with Crippen molar-refractivity contribution in [3.05, 3.63) is 24.0 Å². The predicted molar refractivity (Wildman–Crippen MR) is 78.0 cm³/mol. The number of hydrogen-bond acceptors (Lipinski definition) is 4. The third-order valence-corrected chi connectivity index (χ3v) is 4.34. The number of rotatable bonds is 4. The molecular weight excluding hydrogens is 263 g/mol. The lowest BCUT2D eigenvalue weighted by Gasteiger charge is -2.35. The third-order valence-electron chi connectivity index (χ3n) is 3.23. The molecule has 1 aliphatic rings. The van der Waals surface area contributed by atoms with Gasteiger partial charge in [0.2, 0.25) is 0 Å². The molecule has 0 aromatic heterocycles. The Hall–Kier alpha value is -0.780. The topological polar surface area (TPSA) is 38.5 Å². The van der Waals surface area contributed by atoms with Crippen LogP contribution in [0.1, 0.15) is 13.8 Å². The number of benzene rings is 1. The Kier molecular flexibility index (Phi) is 5.07. The number of nitrogens with zero attached hydrogens (tertiary/aromatic N) is 1. The van der Waals surface area contributed by atoms with Gasteiger partial charge >= 0.3 is 0 Å². The van der Waals surface area contributed by atoms with Crippen molar-refractivity contribution in [3.63, 3.8) is 0 Å². The lowest BCUT2D eigenvalue weighted by Crippen LogP contribution is -2.46. The third kappa shape index (κ3) is 4.37. The van der Waals surface area contributed by atoms with Gasteiger partial charge in [-0.3, -0.25) is 4.90 Å². The van der Waals surface area contributed by atoms with Gasteiger partial charge in [-0.15, -0.1) is 11.8 Å². The summed E-state index contributed by atoms with van der Waals surface area (Å²) in [6.45, 7) is 7.10. The monoisotopic (exact) mass is 284 g/mol. The molecule has 0 spiro atoms. The van der Waals surface area contributed by atoms with E-state index in [-0.39, 0.29) is 11.9 Å². The first-order valence-corrected chi connectivity index (χ1v) is 7.57. The molecule has 3 nitrogen and oxygen atoms in total. The zero-order valence-corrected chi connectivity index (χ0v) is 12.3. The molecule has 1 heterocycles. The maximum absolute atomic E-state index is 13.2. The molecular formula is C14H21FN2OS. The number of halogens is 1. The molecule has 0 radical (unpaired) electrons. The van der Waals surface area contributed by atoms with E-state index in [2.05, 4.69) is 18.7 Å². The molecule has 2 rings (SSSR count).